The van der Waals surface area contributed by atoms with E-state index in [0.29, 0.717) is 22.5 Å². The zero-order valence-electron chi connectivity index (χ0n) is 21.3. The summed E-state index contributed by atoms with van der Waals surface area (Å²) in [6.45, 7) is 4.71. The molecule has 196 valence electrons. The van der Waals surface area contributed by atoms with E-state index in [1.165, 1.54) is 29.8 Å². The molecule has 0 radical (unpaired) electrons. The molecule has 3 aromatic carbocycles. The van der Waals surface area contributed by atoms with Crippen molar-refractivity contribution in [3.05, 3.63) is 112 Å². The van der Waals surface area contributed by atoms with E-state index in [2.05, 4.69) is 4.72 Å². The van der Waals surface area contributed by atoms with Crippen molar-refractivity contribution >= 4 is 27.5 Å². The summed E-state index contributed by atoms with van der Waals surface area (Å²) in [4.78, 5) is 38.5. The number of carbonyl (C=O) groups excluding carboxylic acids is 2. The number of Topliss-reactive ketones (excluding diaryl/α,β-unsaturated/α-hetero) is 1. The molecule has 4 rings (SSSR count). The van der Waals surface area contributed by atoms with Crippen molar-refractivity contribution < 1.29 is 22.7 Å². The van der Waals surface area contributed by atoms with Crippen LogP contribution in [0.2, 0.25) is 0 Å². The van der Waals surface area contributed by atoms with Crippen molar-refractivity contribution in [1.82, 2.24) is 9.36 Å². The molecule has 0 bridgehead atoms. The molecule has 9 nitrogen and oxygen atoms in total. The standard InChI is InChI=1S/C28H27N3O6S/c1-18-15-16-23(17-24(18)28(34)37-20(3)26(32)21-11-7-5-8-12-21)38(35,36)29-25-19(2)30(4)31(27(25)33)22-13-9-6-10-14-22/h5-17,20,29H,1-4H3/t20-/m1/s1. The van der Waals surface area contributed by atoms with Gasteiger partial charge in [0.15, 0.2) is 6.10 Å². The number of carbonyl (C=O) groups is 2. The largest absolute Gasteiger partial charge is 0.451 e. The van der Waals surface area contributed by atoms with Crippen LogP contribution in [0, 0.1) is 13.8 Å². The lowest BCUT2D eigenvalue weighted by Gasteiger charge is -2.14. The lowest BCUT2D eigenvalue weighted by Crippen LogP contribution is -2.25. The molecule has 1 atom stereocenters. The first-order chi connectivity index (χ1) is 18.0. The van der Waals surface area contributed by atoms with E-state index in [1.807, 2.05) is 6.07 Å². The molecule has 0 fully saturated rings. The number of aryl methyl sites for hydroxylation is 1. The Balaban J connectivity index is 1.61. The molecule has 0 amide bonds. The number of hydrogen-bond donors (Lipinski definition) is 1. The Bertz CT molecular complexity index is 1670. The van der Waals surface area contributed by atoms with Gasteiger partial charge in [0.05, 0.1) is 21.8 Å². The van der Waals surface area contributed by atoms with Crippen molar-refractivity contribution in [2.45, 2.75) is 31.8 Å². The minimum atomic E-state index is -4.26. The van der Waals surface area contributed by atoms with Gasteiger partial charge in [0.25, 0.3) is 15.6 Å². The van der Waals surface area contributed by atoms with E-state index in [-0.39, 0.29) is 21.9 Å². The van der Waals surface area contributed by atoms with Crippen molar-refractivity contribution in [2.24, 2.45) is 7.05 Å². The zero-order valence-corrected chi connectivity index (χ0v) is 22.2. The van der Waals surface area contributed by atoms with E-state index in [4.69, 9.17) is 4.74 Å². The van der Waals surface area contributed by atoms with Crippen LogP contribution in [0.1, 0.15) is 38.9 Å². The Kier molecular flexibility index (Phi) is 7.36. The lowest BCUT2D eigenvalue weighted by atomic mass is 10.1. The van der Waals surface area contributed by atoms with Gasteiger partial charge in [-0.3, -0.25) is 19.0 Å². The topological polar surface area (TPSA) is 116 Å². The van der Waals surface area contributed by atoms with Crippen molar-refractivity contribution in [3.63, 3.8) is 0 Å². The number of sulfonamides is 1. The molecule has 0 aliphatic rings. The molecular formula is C28H27N3O6S. The van der Waals surface area contributed by atoms with E-state index in [0.717, 1.165) is 0 Å². The summed E-state index contributed by atoms with van der Waals surface area (Å²) in [5.74, 6) is -1.21. The fourth-order valence-electron chi connectivity index (χ4n) is 3.98. The quantitative estimate of drug-likeness (QED) is 0.270. The van der Waals surface area contributed by atoms with E-state index < -0.39 is 27.7 Å². The summed E-state index contributed by atoms with van der Waals surface area (Å²) in [7, 11) is -2.60. The van der Waals surface area contributed by atoms with Crippen LogP contribution in [-0.4, -0.2) is 35.6 Å². The third-order valence-electron chi connectivity index (χ3n) is 6.24. The van der Waals surface area contributed by atoms with Crippen LogP contribution >= 0.6 is 0 Å². The van der Waals surface area contributed by atoms with Gasteiger partial charge in [0.1, 0.15) is 5.69 Å². The average molecular weight is 534 g/mol. The van der Waals surface area contributed by atoms with Crippen LogP contribution in [0.5, 0.6) is 0 Å². The molecule has 1 aromatic heterocycles. The van der Waals surface area contributed by atoms with E-state index in [1.54, 1.807) is 80.2 Å². The second-order valence-electron chi connectivity index (χ2n) is 8.80. The van der Waals surface area contributed by atoms with Crippen LogP contribution in [0.25, 0.3) is 5.69 Å². The summed E-state index contributed by atoms with van der Waals surface area (Å²) in [6, 6.07) is 21.2. The maximum Gasteiger partial charge on any atom is 0.339 e. The van der Waals surface area contributed by atoms with Crippen molar-refractivity contribution in [3.8, 4) is 5.69 Å². The summed E-state index contributed by atoms with van der Waals surface area (Å²) < 4.78 is 37.2. The summed E-state index contributed by atoms with van der Waals surface area (Å²) >= 11 is 0. The van der Waals surface area contributed by atoms with Gasteiger partial charge in [-0.25, -0.2) is 17.9 Å². The number of esters is 1. The van der Waals surface area contributed by atoms with Gasteiger partial charge in [0, 0.05) is 12.6 Å². The van der Waals surface area contributed by atoms with Crippen molar-refractivity contribution in [2.75, 3.05) is 4.72 Å². The number of anilines is 1. The third-order valence-corrected chi connectivity index (χ3v) is 7.59. The number of rotatable bonds is 8. The summed E-state index contributed by atoms with van der Waals surface area (Å²) in [5, 5.41) is 0. The Morgan fingerprint density at radius 1 is 0.921 bits per heavy atom. The first-order valence-corrected chi connectivity index (χ1v) is 13.3. The van der Waals surface area contributed by atoms with Gasteiger partial charge in [-0.2, -0.15) is 0 Å². The van der Waals surface area contributed by atoms with Crippen molar-refractivity contribution in [1.29, 1.82) is 0 Å². The molecule has 0 saturated heterocycles. The smallest absolute Gasteiger partial charge is 0.339 e. The van der Waals surface area contributed by atoms with Gasteiger partial charge in [-0.05, 0) is 50.6 Å². The molecule has 0 aliphatic heterocycles. The highest BCUT2D eigenvalue weighted by molar-refractivity contribution is 7.92. The summed E-state index contributed by atoms with van der Waals surface area (Å²) in [5.41, 5.74) is 1.19. The lowest BCUT2D eigenvalue weighted by molar-refractivity contribution is 0.0318. The molecule has 0 spiro atoms. The monoisotopic (exact) mass is 533 g/mol. The molecule has 0 aliphatic carbocycles. The first kappa shape index (κ1) is 26.6. The number of ketones is 1. The number of benzene rings is 3. The number of nitrogens with zero attached hydrogens (tertiary/aromatic N) is 2. The molecule has 4 aromatic rings. The van der Waals surface area contributed by atoms with Gasteiger partial charge in [0.2, 0.25) is 5.78 Å². The summed E-state index contributed by atoms with van der Waals surface area (Å²) in [6.07, 6.45) is -1.08. The minimum Gasteiger partial charge on any atom is -0.451 e. The van der Waals surface area contributed by atoms with Gasteiger partial charge < -0.3 is 4.74 Å². The highest BCUT2D eigenvalue weighted by Gasteiger charge is 2.26. The van der Waals surface area contributed by atoms with Crippen LogP contribution in [0.4, 0.5) is 5.69 Å². The molecular weight excluding hydrogens is 506 g/mol. The number of aromatic nitrogens is 2. The molecule has 1 heterocycles. The van der Waals surface area contributed by atoms with Gasteiger partial charge in [-0.1, -0.05) is 54.6 Å². The number of para-hydroxylation sites is 1. The average Bonchev–Trinajstić information content (AvgIpc) is 3.11. The Morgan fingerprint density at radius 3 is 2.16 bits per heavy atom. The fraction of sp³-hybridized carbons (Fsp3) is 0.179. The van der Waals surface area contributed by atoms with Crippen LogP contribution in [0.15, 0.2) is 88.6 Å². The molecule has 0 unspecified atom stereocenters. The molecule has 10 heteroatoms. The second kappa shape index (κ2) is 10.5. The van der Waals surface area contributed by atoms with Crippen LogP contribution < -0.4 is 10.3 Å². The highest BCUT2D eigenvalue weighted by atomic mass is 32.2. The SMILES string of the molecule is Cc1ccc(S(=O)(=O)Nc2c(C)n(C)n(-c3ccccc3)c2=O)cc1C(=O)O[C@H](C)C(=O)c1ccccc1. The third kappa shape index (κ3) is 5.16. The molecule has 38 heavy (non-hydrogen) atoms. The van der Waals surface area contributed by atoms with Gasteiger partial charge >= 0.3 is 5.97 Å². The Morgan fingerprint density at radius 2 is 1.53 bits per heavy atom. The number of nitrogens with one attached hydrogen (secondary N) is 1. The molecule has 0 saturated carbocycles. The first-order valence-electron chi connectivity index (χ1n) is 11.8. The van der Waals surface area contributed by atoms with Gasteiger partial charge in [-0.15, -0.1) is 0 Å². The number of hydrogen-bond acceptors (Lipinski definition) is 6. The van der Waals surface area contributed by atoms with Crippen LogP contribution in [-0.2, 0) is 21.8 Å². The Labute approximate surface area is 220 Å². The van der Waals surface area contributed by atoms with E-state index >= 15 is 0 Å². The second-order valence-corrected chi connectivity index (χ2v) is 10.5. The number of ether oxygens (including phenoxy) is 1. The fourth-order valence-corrected chi connectivity index (χ4v) is 5.12. The maximum absolute atomic E-state index is 13.3. The zero-order chi connectivity index (χ0) is 27.6. The van der Waals surface area contributed by atoms with Crippen LogP contribution in [0.3, 0.4) is 0 Å². The molecule has 1 N–H and O–H groups in total. The Hall–Kier alpha value is -4.44. The normalized spacial score (nSPS) is 12.1. The minimum absolute atomic E-state index is 0.00735. The predicted octanol–water partition coefficient (Wildman–Crippen LogP) is 4.02. The predicted molar refractivity (Wildman–Crippen MR) is 143 cm³/mol. The maximum atomic E-state index is 13.3. The highest BCUT2D eigenvalue weighted by Crippen LogP contribution is 2.22. The van der Waals surface area contributed by atoms with E-state index in [9.17, 15) is 22.8 Å².